The van der Waals surface area contributed by atoms with Gasteiger partial charge in [-0.25, -0.2) is 4.79 Å². The van der Waals surface area contributed by atoms with E-state index in [9.17, 15) is 29.1 Å². The molecule has 4 unspecified atom stereocenters. The number of carbonyl (C=O) groups is 5. The maximum Gasteiger partial charge on any atom is 0.326 e. The number of nitrogens with zero attached hydrogens (tertiary/aromatic N) is 1. The lowest BCUT2D eigenvalue weighted by atomic mass is 10.0. The summed E-state index contributed by atoms with van der Waals surface area (Å²) in [5.41, 5.74) is 23.1. The van der Waals surface area contributed by atoms with Crippen molar-refractivity contribution in [1.29, 1.82) is 0 Å². The van der Waals surface area contributed by atoms with Gasteiger partial charge in [0.25, 0.3) is 0 Å². The predicted octanol–water partition coefficient (Wildman–Crippen LogP) is -2.08. The molecule has 2 aromatic rings. The smallest absolute Gasteiger partial charge is 0.326 e. The molecule has 0 saturated heterocycles. The Morgan fingerprint density at radius 1 is 0.950 bits per heavy atom. The van der Waals surface area contributed by atoms with Crippen molar-refractivity contribution in [3.63, 3.8) is 0 Å². The zero-order valence-corrected chi connectivity index (χ0v) is 22.2. The van der Waals surface area contributed by atoms with Gasteiger partial charge in [-0.1, -0.05) is 18.2 Å². The zero-order chi connectivity index (χ0) is 29.8. The fraction of sp³-hybridized carbons (Fsp3) is 0.440. The number of rotatable bonds is 16. The molecular formula is C25H37N9O6. The molecule has 0 radical (unpaired) electrons. The van der Waals surface area contributed by atoms with E-state index in [1.807, 2.05) is 24.3 Å². The van der Waals surface area contributed by atoms with Gasteiger partial charge < -0.3 is 49.0 Å². The molecule has 1 aromatic carbocycles. The van der Waals surface area contributed by atoms with E-state index in [4.69, 9.17) is 22.9 Å². The number of aliphatic carboxylic acids is 1. The number of para-hydroxylation sites is 1. The fourth-order valence-electron chi connectivity index (χ4n) is 3.88. The molecule has 40 heavy (non-hydrogen) atoms. The van der Waals surface area contributed by atoms with Crippen molar-refractivity contribution < 1.29 is 29.1 Å². The number of aromatic nitrogens is 1. The monoisotopic (exact) mass is 559 g/mol. The largest absolute Gasteiger partial charge is 0.480 e. The summed E-state index contributed by atoms with van der Waals surface area (Å²) in [4.78, 5) is 68.1. The fourth-order valence-corrected chi connectivity index (χ4v) is 3.88. The van der Waals surface area contributed by atoms with Crippen LogP contribution in [0.5, 0.6) is 0 Å². The number of carboxylic acid groups (broad SMARTS) is 1. The van der Waals surface area contributed by atoms with Gasteiger partial charge in [-0.15, -0.1) is 0 Å². The van der Waals surface area contributed by atoms with Crippen LogP contribution in [0.2, 0.25) is 0 Å². The summed E-state index contributed by atoms with van der Waals surface area (Å²) < 4.78 is 0. The number of hydrogen-bond donors (Lipinski definition) is 9. The highest BCUT2D eigenvalue weighted by Crippen LogP contribution is 2.19. The standard InChI is InChI=1S/C25H37N9O6/c1-13(21(36)34-19(24(39)40)11-14-12-31-17-6-3-2-5-15(14)17)32-23(38)18(7-4-10-30-25(28)29)33-22(37)16(26)8-9-20(27)35/h2-3,5-6,12-13,16,18-19,31H,4,7-11,26H2,1H3,(H2,27,35)(H,32,38)(H,33,37)(H,34,36)(H,39,40)(H4,28,29,30). The molecule has 218 valence electrons. The van der Waals surface area contributed by atoms with Crippen molar-refractivity contribution in [2.24, 2.45) is 27.9 Å². The van der Waals surface area contributed by atoms with Crippen LogP contribution in [0.15, 0.2) is 35.5 Å². The van der Waals surface area contributed by atoms with Gasteiger partial charge >= 0.3 is 5.97 Å². The Morgan fingerprint density at radius 2 is 1.62 bits per heavy atom. The highest BCUT2D eigenvalue weighted by molar-refractivity contribution is 5.94. The van der Waals surface area contributed by atoms with Crippen molar-refractivity contribution in [3.8, 4) is 0 Å². The number of amides is 4. The van der Waals surface area contributed by atoms with Crippen LogP contribution in [0.1, 0.15) is 38.2 Å². The van der Waals surface area contributed by atoms with Gasteiger partial charge in [0, 0.05) is 36.5 Å². The Morgan fingerprint density at radius 3 is 2.27 bits per heavy atom. The maximum absolute atomic E-state index is 13.0. The molecule has 1 aromatic heterocycles. The van der Waals surface area contributed by atoms with E-state index in [1.165, 1.54) is 6.92 Å². The second kappa shape index (κ2) is 15.1. The van der Waals surface area contributed by atoms with Gasteiger partial charge in [0.2, 0.25) is 23.6 Å². The highest BCUT2D eigenvalue weighted by Gasteiger charge is 2.28. The van der Waals surface area contributed by atoms with Crippen LogP contribution >= 0.6 is 0 Å². The molecule has 0 bridgehead atoms. The summed E-state index contributed by atoms with van der Waals surface area (Å²) in [5, 5.41) is 18.0. The maximum atomic E-state index is 13.0. The molecule has 4 amide bonds. The second-order valence-corrected chi connectivity index (χ2v) is 9.31. The molecule has 15 nitrogen and oxygen atoms in total. The third kappa shape index (κ3) is 9.90. The van der Waals surface area contributed by atoms with Crippen molar-refractivity contribution in [1.82, 2.24) is 20.9 Å². The van der Waals surface area contributed by atoms with E-state index < -0.39 is 53.8 Å². The van der Waals surface area contributed by atoms with E-state index in [0.717, 1.165) is 10.9 Å². The topological polar surface area (TPSA) is 274 Å². The molecule has 0 aliphatic carbocycles. The van der Waals surface area contributed by atoms with E-state index >= 15 is 0 Å². The first kappa shape index (κ1) is 31.6. The number of aliphatic imine (C=N–C) groups is 1. The Kier molecular flexibility index (Phi) is 11.9. The van der Waals surface area contributed by atoms with E-state index in [1.54, 1.807) is 6.20 Å². The Bertz CT molecular complexity index is 1240. The normalized spacial score (nSPS) is 13.8. The predicted molar refractivity (Wildman–Crippen MR) is 147 cm³/mol. The van der Waals surface area contributed by atoms with Gasteiger partial charge in [-0.05, 0) is 37.8 Å². The quantitative estimate of drug-likeness (QED) is 0.0619. The molecule has 13 N–H and O–H groups in total. The number of benzene rings is 1. The lowest BCUT2D eigenvalue weighted by molar-refractivity contribution is -0.142. The molecule has 0 spiro atoms. The summed E-state index contributed by atoms with van der Waals surface area (Å²) in [5.74, 6) is -4.13. The van der Waals surface area contributed by atoms with Crippen LogP contribution in [-0.2, 0) is 30.4 Å². The minimum atomic E-state index is -1.26. The molecule has 0 fully saturated rings. The molecule has 0 saturated carbocycles. The lowest BCUT2D eigenvalue weighted by Gasteiger charge is -2.23. The number of fused-ring (bicyclic) bond motifs is 1. The van der Waals surface area contributed by atoms with Crippen LogP contribution < -0.4 is 38.9 Å². The molecule has 4 atom stereocenters. The van der Waals surface area contributed by atoms with Gasteiger partial charge in [-0.2, -0.15) is 0 Å². The number of carbonyl (C=O) groups excluding carboxylic acids is 4. The lowest BCUT2D eigenvalue weighted by Crippen LogP contribution is -2.56. The first-order valence-corrected chi connectivity index (χ1v) is 12.7. The summed E-state index contributed by atoms with van der Waals surface area (Å²) in [7, 11) is 0. The minimum Gasteiger partial charge on any atom is -0.480 e. The highest BCUT2D eigenvalue weighted by atomic mass is 16.4. The van der Waals surface area contributed by atoms with Crippen molar-refractivity contribution >= 4 is 46.5 Å². The third-order valence-corrected chi connectivity index (χ3v) is 6.08. The van der Waals surface area contributed by atoms with Crippen LogP contribution in [0.4, 0.5) is 0 Å². The van der Waals surface area contributed by atoms with Crippen LogP contribution in [0.3, 0.4) is 0 Å². The molecule has 0 aliphatic rings. The summed E-state index contributed by atoms with van der Waals surface area (Å²) in [6, 6.07) is 2.74. The number of primary amides is 1. The molecule has 1 heterocycles. The average molecular weight is 560 g/mol. The van der Waals surface area contributed by atoms with E-state index in [-0.39, 0.29) is 38.2 Å². The Hall–Kier alpha value is -4.66. The van der Waals surface area contributed by atoms with Crippen molar-refractivity contribution in [3.05, 3.63) is 36.0 Å². The first-order chi connectivity index (χ1) is 18.9. The minimum absolute atomic E-state index is 0.0123. The SMILES string of the molecule is CC(NC(=O)C(CCCN=C(N)N)NC(=O)C(N)CCC(N)=O)C(=O)NC(Cc1c[nH]c2ccccc12)C(=O)O. The average Bonchev–Trinajstić information content (AvgIpc) is 3.30. The Labute approximate surface area is 230 Å². The van der Waals surface area contributed by atoms with E-state index in [2.05, 4.69) is 25.9 Å². The van der Waals surface area contributed by atoms with Crippen LogP contribution in [0, 0.1) is 0 Å². The van der Waals surface area contributed by atoms with E-state index in [0.29, 0.717) is 12.0 Å². The number of guanidine groups is 1. The van der Waals surface area contributed by atoms with Gasteiger partial charge in [-0.3, -0.25) is 24.2 Å². The number of nitrogens with one attached hydrogen (secondary N) is 4. The van der Waals surface area contributed by atoms with Crippen molar-refractivity contribution in [2.45, 2.75) is 63.2 Å². The third-order valence-electron chi connectivity index (χ3n) is 6.08. The number of H-pyrrole nitrogens is 1. The van der Waals surface area contributed by atoms with Crippen LogP contribution in [-0.4, -0.2) is 76.4 Å². The molecular weight excluding hydrogens is 522 g/mol. The number of nitrogens with two attached hydrogens (primary N) is 4. The Balaban J connectivity index is 2.04. The zero-order valence-electron chi connectivity index (χ0n) is 22.2. The molecule has 15 heteroatoms. The number of hydrogen-bond acceptors (Lipinski definition) is 7. The summed E-state index contributed by atoms with van der Waals surface area (Å²) in [6.45, 7) is 1.56. The van der Waals surface area contributed by atoms with Gasteiger partial charge in [0.15, 0.2) is 5.96 Å². The van der Waals surface area contributed by atoms with Crippen molar-refractivity contribution in [2.75, 3.05) is 6.54 Å². The van der Waals surface area contributed by atoms with Gasteiger partial charge in [0.05, 0.1) is 6.04 Å². The second-order valence-electron chi connectivity index (χ2n) is 9.31. The van der Waals surface area contributed by atoms with Crippen LogP contribution in [0.25, 0.3) is 10.9 Å². The molecule has 0 aliphatic heterocycles. The summed E-state index contributed by atoms with van der Waals surface area (Å²) in [6.07, 6.45) is 1.97. The summed E-state index contributed by atoms with van der Waals surface area (Å²) >= 11 is 0. The number of carboxylic acids is 1. The number of aromatic amines is 1. The van der Waals surface area contributed by atoms with Gasteiger partial charge in [0.1, 0.15) is 18.1 Å². The molecule has 2 rings (SSSR count). The first-order valence-electron chi connectivity index (χ1n) is 12.7.